The predicted octanol–water partition coefficient (Wildman–Crippen LogP) is 0.440. The summed E-state index contributed by atoms with van der Waals surface area (Å²) in [6.45, 7) is 3.52. The summed E-state index contributed by atoms with van der Waals surface area (Å²) in [5.74, 6) is 0. The third kappa shape index (κ3) is 1.77. The van der Waals surface area contributed by atoms with Crippen molar-refractivity contribution in [3.8, 4) is 0 Å². The zero-order valence-electron chi connectivity index (χ0n) is 4.96. The Kier molecular flexibility index (Phi) is 2.26. The Bertz CT molecular complexity index is 82.4. The van der Waals surface area contributed by atoms with Gasteiger partial charge in [-0.25, -0.2) is 0 Å². The highest BCUT2D eigenvalue weighted by Crippen LogP contribution is 1.93. The van der Waals surface area contributed by atoms with Gasteiger partial charge in [0.1, 0.15) is 0 Å². The minimum absolute atomic E-state index is 0.743. The SMILES string of the molecule is C[SiH]1OCC=CCO1. The third-order valence-electron chi connectivity index (χ3n) is 1.02. The first-order chi connectivity index (χ1) is 3.89. The Morgan fingerprint density at radius 2 is 1.75 bits per heavy atom. The van der Waals surface area contributed by atoms with Crippen molar-refractivity contribution >= 4 is 9.28 Å². The van der Waals surface area contributed by atoms with Gasteiger partial charge in [0.15, 0.2) is 0 Å². The van der Waals surface area contributed by atoms with Gasteiger partial charge in [-0.2, -0.15) is 0 Å². The summed E-state index contributed by atoms with van der Waals surface area (Å²) < 4.78 is 10.5. The van der Waals surface area contributed by atoms with Gasteiger partial charge in [0, 0.05) is 0 Å². The Morgan fingerprint density at radius 3 is 2.25 bits per heavy atom. The van der Waals surface area contributed by atoms with E-state index >= 15 is 0 Å². The first kappa shape index (κ1) is 6.00. The third-order valence-corrected chi connectivity index (χ3v) is 2.34. The Hall–Kier alpha value is -0.123. The van der Waals surface area contributed by atoms with Crippen LogP contribution in [0, 0.1) is 0 Å². The normalized spacial score (nSPS) is 23.1. The fourth-order valence-electron chi connectivity index (χ4n) is 0.566. The lowest BCUT2D eigenvalue weighted by Crippen LogP contribution is -2.16. The van der Waals surface area contributed by atoms with Crippen LogP contribution in [0.2, 0.25) is 6.55 Å². The van der Waals surface area contributed by atoms with Crippen LogP contribution in [-0.4, -0.2) is 22.5 Å². The first-order valence-electron chi connectivity index (χ1n) is 2.78. The van der Waals surface area contributed by atoms with Crippen LogP contribution in [0.1, 0.15) is 0 Å². The molecule has 46 valence electrons. The zero-order valence-corrected chi connectivity index (χ0v) is 6.12. The summed E-state index contributed by atoms with van der Waals surface area (Å²) in [6, 6.07) is 0. The molecule has 2 nitrogen and oxygen atoms in total. The first-order valence-corrected chi connectivity index (χ1v) is 4.87. The highest BCUT2D eigenvalue weighted by Gasteiger charge is 2.04. The van der Waals surface area contributed by atoms with Crippen LogP contribution in [0.4, 0.5) is 0 Å². The quantitative estimate of drug-likeness (QED) is 0.350. The number of hydrogen-bond donors (Lipinski definition) is 0. The molecule has 0 saturated carbocycles. The molecule has 0 N–H and O–H groups in total. The summed E-state index contributed by atoms with van der Waals surface area (Å²) in [5, 5.41) is 0. The second-order valence-electron chi connectivity index (χ2n) is 1.71. The van der Waals surface area contributed by atoms with E-state index in [4.69, 9.17) is 8.85 Å². The molecule has 0 aromatic carbocycles. The maximum absolute atomic E-state index is 5.23. The van der Waals surface area contributed by atoms with Gasteiger partial charge in [0.25, 0.3) is 0 Å². The van der Waals surface area contributed by atoms with E-state index in [1.807, 2.05) is 18.7 Å². The standard InChI is InChI=1S/C5H10O2Si/c1-8-6-4-2-3-5-7-8/h2-3,8H,4-5H2,1H3. The lowest BCUT2D eigenvalue weighted by atomic mass is 10.5. The average molecular weight is 130 g/mol. The molecule has 0 saturated heterocycles. The molecular formula is C5H10O2Si. The maximum Gasteiger partial charge on any atom is 0.318 e. The summed E-state index contributed by atoms with van der Waals surface area (Å²) in [6.07, 6.45) is 3.99. The van der Waals surface area contributed by atoms with Gasteiger partial charge in [-0.15, -0.1) is 0 Å². The molecule has 1 aliphatic heterocycles. The van der Waals surface area contributed by atoms with Crippen LogP contribution < -0.4 is 0 Å². The molecule has 0 aromatic rings. The lowest BCUT2D eigenvalue weighted by molar-refractivity contribution is 0.249. The van der Waals surface area contributed by atoms with Crippen molar-refractivity contribution in [3.05, 3.63) is 12.2 Å². The van der Waals surface area contributed by atoms with Gasteiger partial charge in [0.2, 0.25) is 0 Å². The van der Waals surface area contributed by atoms with E-state index in [2.05, 4.69) is 0 Å². The van der Waals surface area contributed by atoms with Crippen molar-refractivity contribution < 1.29 is 8.85 Å². The van der Waals surface area contributed by atoms with E-state index in [9.17, 15) is 0 Å². The fraction of sp³-hybridized carbons (Fsp3) is 0.600. The molecule has 0 bridgehead atoms. The number of rotatable bonds is 0. The molecular weight excluding hydrogens is 120 g/mol. The van der Waals surface area contributed by atoms with E-state index in [1.54, 1.807) is 0 Å². The molecule has 3 heteroatoms. The summed E-state index contributed by atoms with van der Waals surface area (Å²) >= 11 is 0. The summed E-state index contributed by atoms with van der Waals surface area (Å²) in [7, 11) is -1.20. The molecule has 1 aliphatic rings. The van der Waals surface area contributed by atoms with E-state index < -0.39 is 9.28 Å². The average Bonchev–Trinajstić information content (AvgIpc) is 1.94. The van der Waals surface area contributed by atoms with E-state index in [-0.39, 0.29) is 0 Å². The molecule has 0 amide bonds. The molecule has 1 rings (SSSR count). The Balaban J connectivity index is 2.28. The monoisotopic (exact) mass is 130 g/mol. The predicted molar refractivity (Wildman–Crippen MR) is 34.1 cm³/mol. The van der Waals surface area contributed by atoms with Gasteiger partial charge < -0.3 is 8.85 Å². The van der Waals surface area contributed by atoms with Crippen LogP contribution in [0.3, 0.4) is 0 Å². The molecule has 0 aromatic heterocycles. The van der Waals surface area contributed by atoms with Crippen LogP contribution in [0.15, 0.2) is 12.2 Å². The van der Waals surface area contributed by atoms with Gasteiger partial charge in [0.05, 0.1) is 13.2 Å². The zero-order chi connectivity index (χ0) is 5.82. The second-order valence-corrected chi connectivity index (χ2v) is 3.51. The van der Waals surface area contributed by atoms with E-state index in [1.165, 1.54) is 0 Å². The van der Waals surface area contributed by atoms with Gasteiger partial charge in [-0.05, 0) is 6.55 Å². The minimum Gasteiger partial charge on any atom is -0.393 e. The van der Waals surface area contributed by atoms with Crippen LogP contribution in [0.5, 0.6) is 0 Å². The molecule has 0 atom stereocenters. The van der Waals surface area contributed by atoms with Gasteiger partial charge >= 0.3 is 9.28 Å². The van der Waals surface area contributed by atoms with Gasteiger partial charge in [-0.1, -0.05) is 12.2 Å². The molecule has 0 fully saturated rings. The van der Waals surface area contributed by atoms with Crippen molar-refractivity contribution in [3.63, 3.8) is 0 Å². The molecule has 0 unspecified atom stereocenters. The van der Waals surface area contributed by atoms with Crippen molar-refractivity contribution in [1.82, 2.24) is 0 Å². The smallest absolute Gasteiger partial charge is 0.318 e. The Morgan fingerprint density at radius 1 is 1.25 bits per heavy atom. The molecule has 0 aliphatic carbocycles. The fourth-order valence-corrected chi connectivity index (χ4v) is 1.43. The Labute approximate surface area is 51.0 Å². The molecule has 8 heavy (non-hydrogen) atoms. The van der Waals surface area contributed by atoms with E-state index in [0.717, 1.165) is 13.2 Å². The van der Waals surface area contributed by atoms with Crippen molar-refractivity contribution in [2.45, 2.75) is 6.55 Å². The number of hydrogen-bond acceptors (Lipinski definition) is 2. The lowest BCUT2D eigenvalue weighted by Gasteiger charge is -2.04. The molecule has 0 spiro atoms. The summed E-state index contributed by atoms with van der Waals surface area (Å²) in [5.41, 5.74) is 0. The maximum atomic E-state index is 5.23. The van der Waals surface area contributed by atoms with Crippen molar-refractivity contribution in [2.24, 2.45) is 0 Å². The van der Waals surface area contributed by atoms with Crippen LogP contribution >= 0.6 is 0 Å². The highest BCUT2D eigenvalue weighted by molar-refractivity contribution is 6.42. The molecule has 1 heterocycles. The van der Waals surface area contributed by atoms with Gasteiger partial charge in [-0.3, -0.25) is 0 Å². The van der Waals surface area contributed by atoms with Crippen molar-refractivity contribution in [2.75, 3.05) is 13.2 Å². The summed E-state index contributed by atoms with van der Waals surface area (Å²) in [4.78, 5) is 0. The topological polar surface area (TPSA) is 18.5 Å². The molecule has 0 radical (unpaired) electrons. The minimum atomic E-state index is -1.20. The van der Waals surface area contributed by atoms with E-state index in [0.29, 0.717) is 0 Å². The highest BCUT2D eigenvalue weighted by atomic mass is 28.3. The second kappa shape index (κ2) is 3.01. The van der Waals surface area contributed by atoms with Crippen LogP contribution in [0.25, 0.3) is 0 Å². The van der Waals surface area contributed by atoms with Crippen LogP contribution in [-0.2, 0) is 8.85 Å². The largest absolute Gasteiger partial charge is 0.393 e. The van der Waals surface area contributed by atoms with Crippen molar-refractivity contribution in [1.29, 1.82) is 0 Å².